The van der Waals surface area contributed by atoms with Crippen molar-refractivity contribution in [1.29, 1.82) is 0 Å². The zero-order valence-electron chi connectivity index (χ0n) is 16.8. The van der Waals surface area contributed by atoms with Gasteiger partial charge < -0.3 is 4.74 Å². The van der Waals surface area contributed by atoms with Gasteiger partial charge >= 0.3 is 0 Å². The first-order valence-electron chi connectivity index (χ1n) is 9.68. The van der Waals surface area contributed by atoms with Crippen LogP contribution >= 0.6 is 12.4 Å². The fraction of sp³-hybridized carbons (Fsp3) is 0.455. The molecule has 1 N–H and O–H groups in total. The van der Waals surface area contributed by atoms with Crippen LogP contribution in [-0.4, -0.2) is 26.8 Å². The van der Waals surface area contributed by atoms with E-state index in [9.17, 15) is 8.42 Å². The highest BCUT2D eigenvalue weighted by Crippen LogP contribution is 2.38. The number of fused-ring (bicyclic) bond motifs is 1. The molecule has 0 spiro atoms. The van der Waals surface area contributed by atoms with Gasteiger partial charge in [-0.3, -0.25) is 5.32 Å². The molecular weight excluding hydrogens is 394 g/mol. The van der Waals surface area contributed by atoms with E-state index < -0.39 is 15.4 Å². The molecule has 1 aliphatic rings. The van der Waals surface area contributed by atoms with Crippen molar-refractivity contribution < 1.29 is 13.2 Å². The molecule has 4 nitrogen and oxygen atoms in total. The zero-order chi connectivity index (χ0) is 19.5. The van der Waals surface area contributed by atoms with Crippen LogP contribution in [0, 0.1) is 0 Å². The van der Waals surface area contributed by atoms with E-state index in [1.165, 1.54) is 0 Å². The van der Waals surface area contributed by atoms with Crippen LogP contribution in [0.15, 0.2) is 53.4 Å². The average Bonchev–Trinajstić information content (AvgIpc) is 2.79. The third-order valence-electron chi connectivity index (χ3n) is 5.62. The van der Waals surface area contributed by atoms with Crippen molar-refractivity contribution in [3.8, 4) is 5.75 Å². The summed E-state index contributed by atoms with van der Waals surface area (Å²) in [6, 6.07) is 15.1. The predicted molar refractivity (Wildman–Crippen MR) is 116 cm³/mol. The monoisotopic (exact) mass is 423 g/mol. The van der Waals surface area contributed by atoms with Gasteiger partial charge in [-0.15, -0.1) is 12.4 Å². The van der Waals surface area contributed by atoms with E-state index in [4.69, 9.17) is 4.74 Å². The van der Waals surface area contributed by atoms with Gasteiger partial charge in [-0.05, 0) is 42.2 Å². The van der Waals surface area contributed by atoms with E-state index in [1.54, 1.807) is 13.2 Å². The SMILES string of the molecule is CCCC[C@@]1(CC)CS(=O)(=O)c2ccccc2[C@H](c2ccc(OC)cc2)N1.Cl. The molecule has 0 saturated heterocycles. The van der Waals surface area contributed by atoms with Gasteiger partial charge in [0.25, 0.3) is 0 Å². The number of sulfone groups is 1. The number of unbranched alkanes of at least 4 members (excludes halogenated alkanes) is 1. The minimum absolute atomic E-state index is 0. The van der Waals surface area contributed by atoms with E-state index in [-0.39, 0.29) is 24.2 Å². The summed E-state index contributed by atoms with van der Waals surface area (Å²) in [6.45, 7) is 4.23. The number of rotatable bonds is 6. The van der Waals surface area contributed by atoms with Crippen LogP contribution < -0.4 is 10.1 Å². The number of methoxy groups -OCH3 is 1. The van der Waals surface area contributed by atoms with Crippen molar-refractivity contribution in [1.82, 2.24) is 5.32 Å². The fourth-order valence-corrected chi connectivity index (χ4v) is 6.11. The second-order valence-electron chi connectivity index (χ2n) is 7.38. The lowest BCUT2D eigenvalue weighted by molar-refractivity contribution is 0.295. The molecule has 1 heterocycles. The smallest absolute Gasteiger partial charge is 0.180 e. The summed E-state index contributed by atoms with van der Waals surface area (Å²) in [4.78, 5) is 0.449. The molecule has 0 bridgehead atoms. The number of halogens is 1. The molecular formula is C22H30ClNO3S. The molecule has 0 aliphatic carbocycles. The van der Waals surface area contributed by atoms with Gasteiger partial charge in [-0.25, -0.2) is 8.42 Å². The molecule has 2 aromatic carbocycles. The van der Waals surface area contributed by atoms with E-state index >= 15 is 0 Å². The Morgan fingerprint density at radius 3 is 2.39 bits per heavy atom. The molecule has 0 radical (unpaired) electrons. The van der Waals surface area contributed by atoms with Crippen molar-refractivity contribution in [3.63, 3.8) is 0 Å². The van der Waals surface area contributed by atoms with E-state index in [0.29, 0.717) is 4.90 Å². The van der Waals surface area contributed by atoms with Crippen LogP contribution in [0.4, 0.5) is 0 Å². The minimum Gasteiger partial charge on any atom is -0.497 e. The van der Waals surface area contributed by atoms with Gasteiger partial charge in [-0.2, -0.15) is 0 Å². The van der Waals surface area contributed by atoms with Crippen LogP contribution in [0.1, 0.15) is 56.7 Å². The van der Waals surface area contributed by atoms with Crippen molar-refractivity contribution in [3.05, 3.63) is 59.7 Å². The summed E-state index contributed by atoms with van der Waals surface area (Å²) < 4.78 is 31.8. The molecule has 0 fully saturated rings. The van der Waals surface area contributed by atoms with Gasteiger partial charge in [0.2, 0.25) is 0 Å². The van der Waals surface area contributed by atoms with Crippen LogP contribution in [0.2, 0.25) is 0 Å². The Bertz CT molecular complexity index is 883. The number of nitrogens with one attached hydrogen (secondary N) is 1. The zero-order valence-corrected chi connectivity index (χ0v) is 18.4. The quantitative estimate of drug-likeness (QED) is 0.716. The van der Waals surface area contributed by atoms with Crippen molar-refractivity contribution in [2.45, 2.75) is 56.0 Å². The predicted octanol–water partition coefficient (Wildman–Crippen LogP) is 4.92. The fourth-order valence-electron chi connectivity index (χ4n) is 3.97. The highest BCUT2D eigenvalue weighted by Gasteiger charge is 2.41. The topological polar surface area (TPSA) is 55.4 Å². The summed E-state index contributed by atoms with van der Waals surface area (Å²) in [5.74, 6) is 0.932. The first-order valence-corrected chi connectivity index (χ1v) is 11.3. The van der Waals surface area contributed by atoms with Gasteiger partial charge in [0.15, 0.2) is 9.84 Å². The lowest BCUT2D eigenvalue weighted by atomic mass is 9.88. The summed E-state index contributed by atoms with van der Waals surface area (Å²) >= 11 is 0. The van der Waals surface area contributed by atoms with E-state index in [0.717, 1.165) is 42.6 Å². The van der Waals surface area contributed by atoms with Crippen LogP contribution in [-0.2, 0) is 9.84 Å². The van der Waals surface area contributed by atoms with Gasteiger partial charge in [0.05, 0.1) is 23.8 Å². The Morgan fingerprint density at radius 2 is 1.79 bits per heavy atom. The van der Waals surface area contributed by atoms with Crippen LogP contribution in [0.5, 0.6) is 5.75 Å². The molecule has 2 aromatic rings. The molecule has 6 heteroatoms. The maximum Gasteiger partial charge on any atom is 0.180 e. The molecule has 0 aromatic heterocycles. The molecule has 28 heavy (non-hydrogen) atoms. The molecule has 1 aliphatic heterocycles. The first kappa shape index (κ1) is 22.7. The van der Waals surface area contributed by atoms with Gasteiger partial charge in [0, 0.05) is 5.54 Å². The molecule has 0 amide bonds. The van der Waals surface area contributed by atoms with Gasteiger partial charge in [0.1, 0.15) is 5.75 Å². The van der Waals surface area contributed by atoms with Crippen LogP contribution in [0.3, 0.4) is 0 Å². The summed E-state index contributed by atoms with van der Waals surface area (Å²) in [6.07, 6.45) is 3.67. The summed E-state index contributed by atoms with van der Waals surface area (Å²) in [5.41, 5.74) is 1.45. The maximum absolute atomic E-state index is 13.2. The van der Waals surface area contributed by atoms with Crippen molar-refractivity contribution in [2.24, 2.45) is 0 Å². The Balaban J connectivity index is 0.00000280. The minimum atomic E-state index is -3.37. The standard InChI is InChI=1S/C22H29NO3S.ClH/c1-4-6-15-22(5-2)16-27(24,25)20-10-8-7-9-19(20)21(23-22)17-11-13-18(26-3)14-12-17;/h7-14,21,23H,4-6,15-16H2,1-3H3;1H/t21-,22-;/m0./s1. The highest BCUT2D eigenvalue weighted by atomic mass is 35.5. The number of hydrogen-bond donors (Lipinski definition) is 1. The lowest BCUT2D eigenvalue weighted by Gasteiger charge is -2.36. The Morgan fingerprint density at radius 1 is 1.11 bits per heavy atom. The normalized spacial score (nSPS) is 23.2. The second kappa shape index (κ2) is 9.29. The average molecular weight is 424 g/mol. The van der Waals surface area contributed by atoms with E-state index in [1.807, 2.05) is 42.5 Å². The van der Waals surface area contributed by atoms with E-state index in [2.05, 4.69) is 19.2 Å². The third-order valence-corrected chi connectivity index (χ3v) is 7.59. The number of benzene rings is 2. The largest absolute Gasteiger partial charge is 0.497 e. The Hall–Kier alpha value is -1.56. The second-order valence-corrected chi connectivity index (χ2v) is 9.34. The number of ether oxygens (including phenoxy) is 1. The lowest BCUT2D eigenvalue weighted by Crippen LogP contribution is -2.50. The van der Waals surface area contributed by atoms with Crippen LogP contribution in [0.25, 0.3) is 0 Å². The molecule has 154 valence electrons. The summed E-state index contributed by atoms with van der Waals surface area (Å²) in [5, 5.41) is 3.76. The van der Waals surface area contributed by atoms with Crippen molar-refractivity contribution in [2.75, 3.05) is 12.9 Å². The Kier molecular flexibility index (Phi) is 7.54. The maximum atomic E-state index is 13.2. The third kappa shape index (κ3) is 4.53. The molecule has 3 rings (SSSR count). The molecule has 0 saturated carbocycles. The Labute approximate surface area is 175 Å². The van der Waals surface area contributed by atoms with Gasteiger partial charge in [-0.1, -0.05) is 57.0 Å². The number of hydrogen-bond acceptors (Lipinski definition) is 4. The molecule has 0 unspecified atom stereocenters. The highest BCUT2D eigenvalue weighted by molar-refractivity contribution is 7.91. The first-order chi connectivity index (χ1) is 12.9. The van der Waals surface area contributed by atoms with Crippen molar-refractivity contribution >= 4 is 22.2 Å². The molecule has 2 atom stereocenters. The summed E-state index contributed by atoms with van der Waals surface area (Å²) in [7, 11) is -1.72.